The van der Waals surface area contributed by atoms with Gasteiger partial charge in [-0.2, -0.15) is 0 Å². The van der Waals surface area contributed by atoms with E-state index >= 15 is 0 Å². The zero-order valence-electron chi connectivity index (χ0n) is 12.6. The number of H-pyrrole nitrogens is 1. The summed E-state index contributed by atoms with van der Waals surface area (Å²) in [5, 5.41) is 0. The minimum absolute atomic E-state index is 0.159. The van der Waals surface area contributed by atoms with E-state index in [1.165, 1.54) is 0 Å². The molecule has 1 fully saturated rings. The molecule has 1 aromatic heterocycles. The molecule has 1 aliphatic heterocycles. The standard InChI is InChI=1S/C17H21N3O2/c21-16(8-12-22-15-6-2-1-3-7-15)20-11-4-5-14(13-20)17-18-9-10-19-17/h1-3,6-7,9-10,14H,4-5,8,11-13H2,(H,18,19)/t14-/m0/s1. The van der Waals surface area contributed by atoms with E-state index < -0.39 is 0 Å². The van der Waals surface area contributed by atoms with Crippen molar-refractivity contribution in [1.29, 1.82) is 0 Å². The molecule has 1 N–H and O–H groups in total. The van der Waals surface area contributed by atoms with Crippen molar-refractivity contribution in [3.63, 3.8) is 0 Å². The van der Waals surface area contributed by atoms with Gasteiger partial charge in [-0.1, -0.05) is 18.2 Å². The van der Waals surface area contributed by atoms with Gasteiger partial charge in [0.2, 0.25) is 5.91 Å². The Hall–Kier alpha value is -2.30. The number of hydrogen-bond acceptors (Lipinski definition) is 3. The highest BCUT2D eigenvalue weighted by Crippen LogP contribution is 2.24. The van der Waals surface area contributed by atoms with E-state index in [0.29, 0.717) is 18.9 Å². The first-order chi connectivity index (χ1) is 10.8. The van der Waals surface area contributed by atoms with Crippen LogP contribution in [-0.2, 0) is 4.79 Å². The predicted molar refractivity (Wildman–Crippen MR) is 83.7 cm³/mol. The largest absolute Gasteiger partial charge is 0.493 e. The molecule has 0 unspecified atom stereocenters. The Balaban J connectivity index is 1.47. The van der Waals surface area contributed by atoms with E-state index in [4.69, 9.17) is 4.74 Å². The molecule has 1 amide bonds. The van der Waals surface area contributed by atoms with Crippen LogP contribution in [0.4, 0.5) is 0 Å². The Morgan fingerprint density at radius 1 is 1.36 bits per heavy atom. The average molecular weight is 299 g/mol. The highest BCUT2D eigenvalue weighted by Gasteiger charge is 2.25. The number of nitrogens with zero attached hydrogens (tertiary/aromatic N) is 2. The van der Waals surface area contributed by atoms with Crippen molar-refractivity contribution in [2.75, 3.05) is 19.7 Å². The molecule has 2 heterocycles. The molecule has 1 aliphatic rings. The molecule has 0 aliphatic carbocycles. The van der Waals surface area contributed by atoms with Crippen molar-refractivity contribution in [1.82, 2.24) is 14.9 Å². The molecular weight excluding hydrogens is 278 g/mol. The third kappa shape index (κ3) is 3.67. The molecule has 0 bridgehead atoms. The number of carbonyl (C=O) groups is 1. The lowest BCUT2D eigenvalue weighted by atomic mass is 9.97. The van der Waals surface area contributed by atoms with Crippen LogP contribution in [0.5, 0.6) is 5.75 Å². The maximum absolute atomic E-state index is 12.3. The van der Waals surface area contributed by atoms with Crippen molar-refractivity contribution in [2.45, 2.75) is 25.2 Å². The first-order valence-corrected chi connectivity index (χ1v) is 7.78. The highest BCUT2D eigenvalue weighted by molar-refractivity contribution is 5.76. The number of benzene rings is 1. The molecule has 22 heavy (non-hydrogen) atoms. The quantitative estimate of drug-likeness (QED) is 0.923. The van der Waals surface area contributed by atoms with Crippen LogP contribution in [0.25, 0.3) is 0 Å². The summed E-state index contributed by atoms with van der Waals surface area (Å²) in [5.74, 6) is 2.27. The third-order valence-electron chi connectivity index (χ3n) is 4.01. The average Bonchev–Trinajstić information content (AvgIpc) is 3.10. The van der Waals surface area contributed by atoms with E-state index in [2.05, 4.69) is 9.97 Å². The molecule has 3 rings (SSSR count). The number of aromatic amines is 1. The zero-order valence-corrected chi connectivity index (χ0v) is 12.6. The summed E-state index contributed by atoms with van der Waals surface area (Å²) in [7, 11) is 0. The van der Waals surface area contributed by atoms with Gasteiger partial charge >= 0.3 is 0 Å². The first kappa shape index (κ1) is 14.6. The number of amides is 1. The van der Waals surface area contributed by atoms with Crippen LogP contribution >= 0.6 is 0 Å². The molecule has 116 valence electrons. The molecular formula is C17H21N3O2. The Morgan fingerprint density at radius 2 is 2.23 bits per heavy atom. The number of piperidine rings is 1. The molecule has 1 aromatic carbocycles. The van der Waals surface area contributed by atoms with Crippen molar-refractivity contribution >= 4 is 5.91 Å². The number of nitrogens with one attached hydrogen (secondary N) is 1. The summed E-state index contributed by atoms with van der Waals surface area (Å²) in [5.41, 5.74) is 0. The minimum atomic E-state index is 0.159. The van der Waals surface area contributed by atoms with E-state index in [1.807, 2.05) is 41.4 Å². The fourth-order valence-electron chi connectivity index (χ4n) is 2.86. The third-order valence-corrected chi connectivity index (χ3v) is 4.01. The Bertz CT molecular complexity index is 583. The molecule has 2 aromatic rings. The summed E-state index contributed by atoms with van der Waals surface area (Å²) < 4.78 is 5.60. The van der Waals surface area contributed by atoms with Crippen LogP contribution in [0.3, 0.4) is 0 Å². The fourth-order valence-corrected chi connectivity index (χ4v) is 2.86. The molecule has 5 heteroatoms. The number of rotatable bonds is 5. The number of aromatic nitrogens is 2. The number of likely N-dealkylation sites (tertiary alicyclic amines) is 1. The lowest BCUT2D eigenvalue weighted by Crippen LogP contribution is -2.39. The van der Waals surface area contributed by atoms with Crippen molar-refractivity contribution in [2.24, 2.45) is 0 Å². The van der Waals surface area contributed by atoms with Gasteiger partial charge < -0.3 is 14.6 Å². The van der Waals surface area contributed by atoms with Gasteiger partial charge in [-0.25, -0.2) is 4.98 Å². The van der Waals surface area contributed by atoms with Crippen LogP contribution in [0, 0.1) is 0 Å². The topological polar surface area (TPSA) is 58.2 Å². The lowest BCUT2D eigenvalue weighted by molar-refractivity contribution is -0.132. The summed E-state index contributed by atoms with van der Waals surface area (Å²) in [4.78, 5) is 21.7. The van der Waals surface area contributed by atoms with Crippen LogP contribution in [0.2, 0.25) is 0 Å². The summed E-state index contributed by atoms with van der Waals surface area (Å²) in [6.45, 7) is 2.00. The molecule has 1 atom stereocenters. The maximum atomic E-state index is 12.3. The number of ether oxygens (including phenoxy) is 1. The number of hydrogen-bond donors (Lipinski definition) is 1. The second-order valence-corrected chi connectivity index (χ2v) is 5.56. The molecule has 0 saturated carbocycles. The second kappa shape index (κ2) is 7.11. The van der Waals surface area contributed by atoms with Gasteiger partial charge in [-0.15, -0.1) is 0 Å². The van der Waals surface area contributed by atoms with Gasteiger partial charge in [-0.3, -0.25) is 4.79 Å². The first-order valence-electron chi connectivity index (χ1n) is 7.78. The minimum Gasteiger partial charge on any atom is -0.493 e. The van der Waals surface area contributed by atoms with Crippen LogP contribution < -0.4 is 4.74 Å². The number of para-hydroxylation sites is 1. The molecule has 0 radical (unpaired) electrons. The maximum Gasteiger partial charge on any atom is 0.226 e. The van der Waals surface area contributed by atoms with Gasteiger partial charge in [-0.05, 0) is 25.0 Å². The van der Waals surface area contributed by atoms with Crippen LogP contribution in [0.15, 0.2) is 42.7 Å². The SMILES string of the molecule is O=C(CCOc1ccccc1)N1CCC[C@H](c2ncc[nH]2)C1. The van der Waals surface area contributed by atoms with Crippen molar-refractivity contribution in [3.05, 3.63) is 48.5 Å². The van der Waals surface area contributed by atoms with Crippen molar-refractivity contribution in [3.8, 4) is 5.75 Å². The van der Waals surface area contributed by atoms with E-state index in [-0.39, 0.29) is 5.91 Å². The van der Waals surface area contributed by atoms with E-state index in [9.17, 15) is 4.79 Å². The van der Waals surface area contributed by atoms with E-state index in [0.717, 1.165) is 37.5 Å². The normalized spacial score (nSPS) is 18.2. The molecule has 5 nitrogen and oxygen atoms in total. The van der Waals surface area contributed by atoms with Gasteiger partial charge in [0.25, 0.3) is 0 Å². The highest BCUT2D eigenvalue weighted by atomic mass is 16.5. The molecule has 0 spiro atoms. The zero-order chi connectivity index (χ0) is 15.2. The van der Waals surface area contributed by atoms with Crippen molar-refractivity contribution < 1.29 is 9.53 Å². The summed E-state index contributed by atoms with van der Waals surface area (Å²) in [6, 6.07) is 9.60. The molecule has 1 saturated heterocycles. The Morgan fingerprint density at radius 3 is 3.00 bits per heavy atom. The second-order valence-electron chi connectivity index (χ2n) is 5.56. The monoisotopic (exact) mass is 299 g/mol. The summed E-state index contributed by atoms with van der Waals surface area (Å²) in [6.07, 6.45) is 6.13. The van der Waals surface area contributed by atoms with E-state index in [1.54, 1.807) is 6.20 Å². The Kier molecular flexibility index (Phi) is 4.73. The smallest absolute Gasteiger partial charge is 0.226 e. The number of carbonyl (C=O) groups excluding carboxylic acids is 1. The van der Waals surface area contributed by atoms with Gasteiger partial charge in [0.1, 0.15) is 11.6 Å². The fraction of sp³-hybridized carbons (Fsp3) is 0.412. The van der Waals surface area contributed by atoms with Gasteiger partial charge in [0.15, 0.2) is 0 Å². The van der Waals surface area contributed by atoms with Crippen LogP contribution in [0.1, 0.15) is 31.0 Å². The number of imidazole rings is 1. The van der Waals surface area contributed by atoms with Crippen LogP contribution in [-0.4, -0.2) is 40.5 Å². The predicted octanol–water partition coefficient (Wildman–Crippen LogP) is 2.58. The van der Waals surface area contributed by atoms with Gasteiger partial charge in [0.05, 0.1) is 13.0 Å². The van der Waals surface area contributed by atoms with Gasteiger partial charge in [0, 0.05) is 31.4 Å². The summed E-state index contributed by atoms with van der Waals surface area (Å²) >= 11 is 0. The lowest BCUT2D eigenvalue weighted by Gasteiger charge is -2.32. The Labute approximate surface area is 130 Å².